The normalized spacial score (nSPS) is 17.7. The largest absolute Gasteiger partial charge is 0.284 e. The van der Waals surface area contributed by atoms with E-state index in [9.17, 15) is 4.79 Å². The van der Waals surface area contributed by atoms with Gasteiger partial charge in [-0.25, -0.2) is 5.01 Å². The van der Waals surface area contributed by atoms with Crippen LogP contribution < -0.4 is 0 Å². The van der Waals surface area contributed by atoms with Crippen molar-refractivity contribution < 1.29 is 4.79 Å². The van der Waals surface area contributed by atoms with E-state index < -0.39 is 0 Å². The Morgan fingerprint density at radius 3 is 2.50 bits per heavy atom. The molecule has 1 aliphatic heterocycles. The van der Waals surface area contributed by atoms with Gasteiger partial charge >= 0.3 is 0 Å². The molecule has 3 nitrogen and oxygen atoms in total. The lowest BCUT2D eigenvalue weighted by atomic mass is 10.1. The van der Waals surface area contributed by atoms with Crippen molar-refractivity contribution in [2.45, 2.75) is 12.5 Å². The molecule has 0 fully saturated rings. The van der Waals surface area contributed by atoms with Crippen LogP contribution in [0.5, 0.6) is 0 Å². The highest BCUT2D eigenvalue weighted by molar-refractivity contribution is 7.12. The Balaban J connectivity index is 1.71. The molecule has 0 bridgehead atoms. The number of rotatable bonds is 3. The van der Waals surface area contributed by atoms with Crippen molar-refractivity contribution in [3.05, 3.63) is 67.2 Å². The van der Waals surface area contributed by atoms with Gasteiger partial charge in [0.1, 0.15) is 0 Å². The Hall–Kier alpha value is -1.76. The van der Waals surface area contributed by atoms with Crippen LogP contribution in [0.1, 0.15) is 31.9 Å². The molecule has 22 heavy (non-hydrogen) atoms. The smallest absolute Gasteiger partial charge is 0.266 e. The molecule has 4 rings (SSSR count). The van der Waals surface area contributed by atoms with Gasteiger partial charge < -0.3 is 0 Å². The fraction of sp³-hybridized carbons (Fsp3) is 0.125. The minimum absolute atomic E-state index is 0.00620. The van der Waals surface area contributed by atoms with Crippen molar-refractivity contribution in [1.29, 1.82) is 0 Å². The monoisotopic (exact) mass is 344 g/mol. The summed E-state index contributed by atoms with van der Waals surface area (Å²) in [6.07, 6.45) is 0.776. The van der Waals surface area contributed by atoms with E-state index in [0.717, 1.165) is 21.9 Å². The molecule has 1 aliphatic rings. The quantitative estimate of drug-likeness (QED) is 0.667. The first-order valence-corrected chi connectivity index (χ1v) is 9.48. The second-order valence-electron chi connectivity index (χ2n) is 4.89. The minimum Gasteiger partial charge on any atom is -0.266 e. The molecule has 3 aromatic heterocycles. The third kappa shape index (κ3) is 2.43. The van der Waals surface area contributed by atoms with Gasteiger partial charge in [-0.2, -0.15) is 5.10 Å². The minimum atomic E-state index is -0.0139. The van der Waals surface area contributed by atoms with Crippen LogP contribution in [0.2, 0.25) is 0 Å². The highest BCUT2D eigenvalue weighted by Gasteiger charge is 2.34. The van der Waals surface area contributed by atoms with Crippen molar-refractivity contribution in [1.82, 2.24) is 5.01 Å². The Labute approximate surface area is 140 Å². The molecule has 0 saturated carbocycles. The van der Waals surface area contributed by atoms with Gasteiger partial charge in [-0.15, -0.1) is 34.0 Å². The van der Waals surface area contributed by atoms with Crippen molar-refractivity contribution >= 4 is 45.6 Å². The number of thiophene rings is 3. The van der Waals surface area contributed by atoms with E-state index in [0.29, 0.717) is 0 Å². The van der Waals surface area contributed by atoms with Crippen LogP contribution in [0, 0.1) is 0 Å². The first kappa shape index (κ1) is 13.9. The van der Waals surface area contributed by atoms with Gasteiger partial charge in [0.25, 0.3) is 5.91 Å². The number of hydrogen-bond donors (Lipinski definition) is 0. The van der Waals surface area contributed by atoms with Crippen LogP contribution in [0.15, 0.2) is 57.6 Å². The standard InChI is InChI=1S/C16H12N2OS3/c19-16(15-6-3-9-22-15)18-12(14-5-2-8-21-14)10-11(17-18)13-4-1-7-20-13/h1-9,12H,10H2/t12-/m0/s1. The van der Waals surface area contributed by atoms with Gasteiger partial charge in [0.05, 0.1) is 21.5 Å². The van der Waals surface area contributed by atoms with Crippen molar-refractivity contribution in [2.75, 3.05) is 0 Å². The van der Waals surface area contributed by atoms with Crippen molar-refractivity contribution in [3.8, 4) is 0 Å². The third-order valence-electron chi connectivity index (χ3n) is 3.53. The molecule has 0 spiro atoms. The summed E-state index contributed by atoms with van der Waals surface area (Å²) in [7, 11) is 0. The molecular formula is C16H12N2OS3. The van der Waals surface area contributed by atoms with E-state index in [1.807, 2.05) is 40.4 Å². The average Bonchev–Trinajstić information content (AvgIpc) is 3.35. The maximum Gasteiger partial charge on any atom is 0.284 e. The van der Waals surface area contributed by atoms with Gasteiger partial charge in [-0.1, -0.05) is 18.2 Å². The second-order valence-corrected chi connectivity index (χ2v) is 7.76. The molecule has 0 aromatic carbocycles. The summed E-state index contributed by atoms with van der Waals surface area (Å²) in [4.78, 5) is 15.8. The molecule has 0 aliphatic carbocycles. The maximum atomic E-state index is 12.8. The number of carbonyl (C=O) groups is 1. The number of amides is 1. The van der Waals surface area contributed by atoms with Crippen LogP contribution in [0.4, 0.5) is 0 Å². The lowest BCUT2D eigenvalue weighted by Gasteiger charge is -2.19. The molecule has 3 aromatic rings. The molecule has 6 heteroatoms. The van der Waals surface area contributed by atoms with Crippen LogP contribution in [-0.2, 0) is 0 Å². The molecule has 110 valence electrons. The van der Waals surface area contributed by atoms with Crippen LogP contribution >= 0.6 is 34.0 Å². The zero-order chi connectivity index (χ0) is 14.9. The topological polar surface area (TPSA) is 32.7 Å². The van der Waals surface area contributed by atoms with Gasteiger partial charge in [0.15, 0.2) is 0 Å². The first-order valence-electron chi connectivity index (χ1n) is 6.85. The summed E-state index contributed by atoms with van der Waals surface area (Å²) < 4.78 is 0. The van der Waals surface area contributed by atoms with Crippen molar-refractivity contribution in [3.63, 3.8) is 0 Å². The number of hydrogen-bond acceptors (Lipinski definition) is 5. The van der Waals surface area contributed by atoms with Gasteiger partial charge in [-0.3, -0.25) is 4.79 Å². The van der Waals surface area contributed by atoms with E-state index in [4.69, 9.17) is 0 Å². The molecule has 1 atom stereocenters. The SMILES string of the molecule is O=C(c1cccs1)N1N=C(c2cccs2)C[C@H]1c1cccs1. The summed E-state index contributed by atoms with van der Waals surface area (Å²) in [6.45, 7) is 0. The summed E-state index contributed by atoms with van der Waals surface area (Å²) in [5, 5.41) is 12.3. The van der Waals surface area contributed by atoms with Gasteiger partial charge in [0.2, 0.25) is 0 Å². The van der Waals surface area contributed by atoms with E-state index in [1.54, 1.807) is 27.7 Å². The molecule has 4 heterocycles. The Bertz CT molecular complexity index is 789. The molecule has 0 unspecified atom stereocenters. The predicted molar refractivity (Wildman–Crippen MR) is 93.0 cm³/mol. The zero-order valence-electron chi connectivity index (χ0n) is 11.5. The highest BCUT2D eigenvalue weighted by atomic mass is 32.1. The summed E-state index contributed by atoms with van der Waals surface area (Å²) in [5.41, 5.74) is 0.998. The summed E-state index contributed by atoms with van der Waals surface area (Å²) in [5.74, 6) is -0.0139. The second kappa shape index (κ2) is 5.79. The van der Waals surface area contributed by atoms with E-state index in [2.05, 4.69) is 17.2 Å². The summed E-state index contributed by atoms with van der Waals surface area (Å²) in [6, 6.07) is 12.0. The maximum absolute atomic E-state index is 12.8. The number of hydrazone groups is 1. The third-order valence-corrected chi connectivity index (χ3v) is 6.28. The van der Waals surface area contributed by atoms with Crippen LogP contribution in [0.25, 0.3) is 0 Å². The molecular weight excluding hydrogens is 332 g/mol. The Morgan fingerprint density at radius 2 is 1.82 bits per heavy atom. The Kier molecular flexibility index (Phi) is 3.65. The molecule has 0 N–H and O–H groups in total. The summed E-state index contributed by atoms with van der Waals surface area (Å²) >= 11 is 4.81. The zero-order valence-corrected chi connectivity index (χ0v) is 14.0. The van der Waals surface area contributed by atoms with Gasteiger partial charge in [0, 0.05) is 11.3 Å². The average molecular weight is 344 g/mol. The van der Waals surface area contributed by atoms with Gasteiger partial charge in [-0.05, 0) is 34.3 Å². The highest BCUT2D eigenvalue weighted by Crippen LogP contribution is 2.37. The number of nitrogens with zero attached hydrogens (tertiary/aromatic N) is 2. The van der Waals surface area contributed by atoms with Crippen molar-refractivity contribution in [2.24, 2.45) is 5.10 Å². The number of carbonyl (C=O) groups excluding carboxylic acids is 1. The lowest BCUT2D eigenvalue weighted by Crippen LogP contribution is -2.25. The van der Waals surface area contributed by atoms with E-state index >= 15 is 0 Å². The first-order chi connectivity index (χ1) is 10.8. The molecule has 0 radical (unpaired) electrons. The van der Waals surface area contributed by atoms with Crippen LogP contribution in [0.3, 0.4) is 0 Å². The molecule has 1 amide bonds. The molecule has 0 saturated heterocycles. The van der Waals surface area contributed by atoms with E-state index in [-0.39, 0.29) is 11.9 Å². The Morgan fingerprint density at radius 1 is 1.05 bits per heavy atom. The lowest BCUT2D eigenvalue weighted by molar-refractivity contribution is 0.0719. The fourth-order valence-electron chi connectivity index (χ4n) is 2.50. The van der Waals surface area contributed by atoms with E-state index in [1.165, 1.54) is 16.2 Å². The van der Waals surface area contributed by atoms with Crippen LogP contribution in [-0.4, -0.2) is 16.6 Å². The predicted octanol–water partition coefficient (Wildman–Crippen LogP) is 4.86. The fourth-order valence-corrected chi connectivity index (χ4v) is 4.69.